The van der Waals surface area contributed by atoms with Gasteiger partial charge in [-0.2, -0.15) is 0 Å². The zero-order valence-electron chi connectivity index (χ0n) is 22.8. The molecule has 1 heterocycles. The van der Waals surface area contributed by atoms with E-state index in [0.717, 1.165) is 11.3 Å². The molecule has 0 aliphatic heterocycles. The highest BCUT2D eigenvalue weighted by Crippen LogP contribution is 2.33. The van der Waals surface area contributed by atoms with Crippen molar-refractivity contribution in [2.75, 3.05) is 13.2 Å². The van der Waals surface area contributed by atoms with Gasteiger partial charge in [0.25, 0.3) is 0 Å². The summed E-state index contributed by atoms with van der Waals surface area (Å²) in [6.07, 6.45) is 8.09. The molecule has 0 spiro atoms. The molecule has 0 radical (unpaired) electrons. The van der Waals surface area contributed by atoms with Crippen molar-refractivity contribution in [1.82, 2.24) is 4.57 Å². The summed E-state index contributed by atoms with van der Waals surface area (Å²) in [5.41, 5.74) is 3.29. The number of carboxylic acids is 2. The van der Waals surface area contributed by atoms with E-state index in [4.69, 9.17) is 14.6 Å². The predicted molar refractivity (Wildman–Crippen MR) is 157 cm³/mol. The number of aromatic nitrogens is 1. The van der Waals surface area contributed by atoms with Crippen LogP contribution in [0.25, 0.3) is 23.1 Å². The molecule has 0 amide bonds. The molecule has 212 valence electrons. The van der Waals surface area contributed by atoms with Gasteiger partial charge in [-0.3, -0.25) is 9.59 Å². The van der Waals surface area contributed by atoms with Crippen LogP contribution in [0.4, 0.5) is 4.39 Å². The quantitative estimate of drug-likeness (QED) is 0.131. The lowest BCUT2D eigenvalue weighted by Gasteiger charge is -2.08. The topological polar surface area (TPSA) is 98.0 Å². The normalized spacial score (nSPS) is 11.5. The number of fused-ring (bicyclic) bond motifs is 1. The van der Waals surface area contributed by atoms with Crippen LogP contribution >= 0.6 is 0 Å². The Kier molecular flexibility index (Phi) is 9.94. The monoisotopic (exact) mass is 557 g/mol. The highest BCUT2D eigenvalue weighted by molar-refractivity contribution is 5.95. The van der Waals surface area contributed by atoms with Crippen molar-refractivity contribution < 1.29 is 33.7 Å². The predicted octanol–water partition coefficient (Wildman–Crippen LogP) is 6.77. The third-order valence-corrected chi connectivity index (χ3v) is 6.62. The number of halogens is 1. The number of hydrogen-bond donors (Lipinski definition) is 2. The van der Waals surface area contributed by atoms with Crippen LogP contribution in [0.5, 0.6) is 11.5 Å². The van der Waals surface area contributed by atoms with Gasteiger partial charge < -0.3 is 24.3 Å². The first kappa shape index (κ1) is 29.1. The second kappa shape index (κ2) is 14.0. The molecule has 3 aromatic carbocycles. The van der Waals surface area contributed by atoms with Crippen LogP contribution in [0.3, 0.4) is 0 Å². The number of hydrogen-bond acceptors (Lipinski definition) is 4. The van der Waals surface area contributed by atoms with E-state index in [0.29, 0.717) is 59.5 Å². The number of aryl methyl sites for hydroxylation is 1. The molecule has 0 aliphatic rings. The van der Waals surface area contributed by atoms with Crippen molar-refractivity contribution in [2.24, 2.45) is 0 Å². The van der Waals surface area contributed by atoms with E-state index >= 15 is 4.39 Å². The SMILES string of the molecule is Cc1c(CCCC(=O)O)c2c(F)ccc(C=Cc3ccc(OC/C=C/COc4ccccc4)cc3)c2n1CC(=O)O. The largest absolute Gasteiger partial charge is 0.490 e. The number of ether oxygens (including phenoxy) is 2. The molecular weight excluding hydrogens is 525 g/mol. The van der Waals surface area contributed by atoms with Crippen LogP contribution in [0, 0.1) is 12.7 Å². The first-order valence-corrected chi connectivity index (χ1v) is 13.3. The van der Waals surface area contributed by atoms with Gasteiger partial charge in [0.1, 0.15) is 37.1 Å². The third-order valence-electron chi connectivity index (χ3n) is 6.62. The van der Waals surface area contributed by atoms with Crippen LogP contribution in [0.15, 0.2) is 78.9 Å². The van der Waals surface area contributed by atoms with Gasteiger partial charge in [0.2, 0.25) is 0 Å². The number of para-hydroxylation sites is 1. The average molecular weight is 558 g/mol. The second-order valence-corrected chi connectivity index (χ2v) is 9.46. The van der Waals surface area contributed by atoms with Crippen LogP contribution in [0.1, 0.15) is 35.2 Å². The van der Waals surface area contributed by atoms with E-state index < -0.39 is 17.8 Å². The zero-order valence-corrected chi connectivity index (χ0v) is 22.8. The van der Waals surface area contributed by atoms with Gasteiger partial charge >= 0.3 is 11.9 Å². The van der Waals surface area contributed by atoms with Crippen molar-refractivity contribution in [3.63, 3.8) is 0 Å². The smallest absolute Gasteiger partial charge is 0.323 e. The Balaban J connectivity index is 1.46. The lowest BCUT2D eigenvalue weighted by atomic mass is 10.0. The first-order chi connectivity index (χ1) is 19.8. The molecule has 41 heavy (non-hydrogen) atoms. The lowest BCUT2D eigenvalue weighted by molar-refractivity contribution is -0.138. The molecule has 4 rings (SSSR count). The molecule has 7 nitrogen and oxygen atoms in total. The van der Waals surface area contributed by atoms with Crippen LogP contribution < -0.4 is 9.47 Å². The Morgan fingerprint density at radius 1 is 0.854 bits per heavy atom. The van der Waals surface area contributed by atoms with Gasteiger partial charge in [0.15, 0.2) is 0 Å². The van der Waals surface area contributed by atoms with Gasteiger partial charge in [0, 0.05) is 17.5 Å². The van der Waals surface area contributed by atoms with Gasteiger partial charge in [-0.15, -0.1) is 0 Å². The Morgan fingerprint density at radius 3 is 2.15 bits per heavy atom. The minimum absolute atomic E-state index is 0.0507. The van der Waals surface area contributed by atoms with Crippen molar-refractivity contribution in [3.8, 4) is 11.5 Å². The maximum absolute atomic E-state index is 15.1. The molecule has 0 saturated carbocycles. The minimum Gasteiger partial charge on any atom is -0.490 e. The molecule has 0 unspecified atom stereocenters. The first-order valence-electron chi connectivity index (χ1n) is 13.3. The summed E-state index contributed by atoms with van der Waals surface area (Å²) in [6, 6.07) is 20.1. The number of aliphatic carboxylic acids is 2. The number of nitrogens with zero attached hydrogens (tertiary/aromatic N) is 1. The summed E-state index contributed by atoms with van der Waals surface area (Å²) in [4.78, 5) is 22.6. The van der Waals surface area contributed by atoms with E-state index in [1.54, 1.807) is 17.6 Å². The van der Waals surface area contributed by atoms with E-state index in [-0.39, 0.29) is 13.0 Å². The molecule has 0 aliphatic carbocycles. The van der Waals surface area contributed by atoms with E-state index in [1.807, 2.05) is 78.9 Å². The molecule has 0 fully saturated rings. The molecule has 2 N–H and O–H groups in total. The Hall–Kier alpha value is -4.85. The summed E-state index contributed by atoms with van der Waals surface area (Å²) < 4.78 is 28.0. The van der Waals surface area contributed by atoms with Gasteiger partial charge in [-0.05, 0) is 85.0 Å². The molecule has 8 heteroatoms. The van der Waals surface area contributed by atoms with Crippen LogP contribution in [-0.4, -0.2) is 39.9 Å². The van der Waals surface area contributed by atoms with E-state index in [9.17, 15) is 14.7 Å². The Labute approximate surface area is 237 Å². The molecular formula is C33H32FNO6. The maximum Gasteiger partial charge on any atom is 0.323 e. The number of rotatable bonds is 14. The van der Waals surface area contributed by atoms with Gasteiger partial charge in [-0.1, -0.05) is 42.5 Å². The zero-order chi connectivity index (χ0) is 29.2. The maximum atomic E-state index is 15.1. The molecule has 0 saturated heterocycles. The van der Waals surface area contributed by atoms with E-state index in [2.05, 4.69) is 0 Å². The molecule has 1 aromatic heterocycles. The molecule has 4 aromatic rings. The standard InChI is InChI=1S/C33H32FNO6/c1-23-28(10-7-11-30(36)37)32-29(34)19-16-25(33(32)35(23)22-31(38)39)15-12-24-13-17-27(18-14-24)41-21-6-5-20-40-26-8-3-2-4-9-26/h2-6,8-9,12-19H,7,10-11,20-22H2,1H3,(H,36,37)(H,38,39)/b6-5+,15-12?. The van der Waals surface area contributed by atoms with Crippen molar-refractivity contribution in [2.45, 2.75) is 32.7 Å². The summed E-state index contributed by atoms with van der Waals surface area (Å²) >= 11 is 0. The molecule has 0 atom stereocenters. The average Bonchev–Trinajstić information content (AvgIpc) is 3.22. The fourth-order valence-electron chi connectivity index (χ4n) is 4.66. The van der Waals surface area contributed by atoms with Gasteiger partial charge in [-0.25, -0.2) is 4.39 Å². The van der Waals surface area contributed by atoms with Crippen molar-refractivity contribution >= 4 is 35.0 Å². The van der Waals surface area contributed by atoms with Gasteiger partial charge in [0.05, 0.1) is 5.52 Å². The summed E-state index contributed by atoms with van der Waals surface area (Å²) in [7, 11) is 0. The van der Waals surface area contributed by atoms with Crippen molar-refractivity contribution in [3.05, 3.63) is 107 Å². The van der Waals surface area contributed by atoms with Crippen LogP contribution in [0.2, 0.25) is 0 Å². The highest BCUT2D eigenvalue weighted by atomic mass is 19.1. The number of benzene rings is 3. The summed E-state index contributed by atoms with van der Waals surface area (Å²) in [6.45, 7) is 2.27. The van der Waals surface area contributed by atoms with E-state index in [1.165, 1.54) is 6.07 Å². The van der Waals surface area contributed by atoms with Crippen LogP contribution in [-0.2, 0) is 22.6 Å². The molecule has 0 bridgehead atoms. The third kappa shape index (κ3) is 7.85. The number of carboxylic acid groups (broad SMARTS) is 2. The number of carbonyl (C=O) groups is 2. The Morgan fingerprint density at radius 2 is 1.51 bits per heavy atom. The van der Waals surface area contributed by atoms with Crippen molar-refractivity contribution in [1.29, 1.82) is 0 Å². The fourth-order valence-corrected chi connectivity index (χ4v) is 4.66. The fraction of sp³-hybridized carbons (Fsp3) is 0.212. The lowest BCUT2D eigenvalue weighted by Crippen LogP contribution is -2.10. The summed E-state index contributed by atoms with van der Waals surface area (Å²) in [5.74, 6) is -0.920. The second-order valence-electron chi connectivity index (χ2n) is 9.46. The Bertz CT molecular complexity index is 1550. The minimum atomic E-state index is -1.05. The summed E-state index contributed by atoms with van der Waals surface area (Å²) in [5, 5.41) is 18.9. The highest BCUT2D eigenvalue weighted by Gasteiger charge is 2.21.